The van der Waals surface area contributed by atoms with Gasteiger partial charge in [-0.3, -0.25) is 0 Å². The minimum Gasteiger partial charge on any atom is -0.476 e. The van der Waals surface area contributed by atoms with E-state index in [1.807, 2.05) is 0 Å². The van der Waals surface area contributed by atoms with Crippen molar-refractivity contribution in [2.75, 3.05) is 7.11 Å². The van der Waals surface area contributed by atoms with Gasteiger partial charge in [-0.05, 0) is 12.1 Å². The maximum absolute atomic E-state index is 11.5. The number of carbonyl (C=O) groups excluding carboxylic acids is 1. The van der Waals surface area contributed by atoms with Crippen LogP contribution in [0, 0.1) is 0 Å². The van der Waals surface area contributed by atoms with Gasteiger partial charge in [0, 0.05) is 5.39 Å². The van der Waals surface area contributed by atoms with Crippen LogP contribution >= 0.6 is 0 Å². The molecule has 5 nitrogen and oxygen atoms in total. The van der Waals surface area contributed by atoms with Gasteiger partial charge in [-0.2, -0.15) is 0 Å². The first-order valence-electron chi connectivity index (χ1n) is 4.85. The minimum atomic E-state index is -1.25. The van der Waals surface area contributed by atoms with Crippen LogP contribution < -0.4 is 0 Å². The van der Waals surface area contributed by atoms with Crippen molar-refractivity contribution in [2.24, 2.45) is 0 Å². The van der Waals surface area contributed by atoms with Crippen LogP contribution in [-0.4, -0.2) is 29.1 Å². The molecule has 1 aromatic carbocycles. The van der Waals surface area contributed by atoms with E-state index in [1.54, 1.807) is 24.3 Å². The third-order valence-corrected chi connectivity index (χ3v) is 2.33. The zero-order valence-corrected chi connectivity index (χ0v) is 9.01. The Morgan fingerprint density at radius 2 is 2.00 bits per heavy atom. The summed E-state index contributed by atoms with van der Waals surface area (Å²) >= 11 is 0. The number of nitrogens with zero attached hydrogens (tertiary/aromatic N) is 1. The number of rotatable bonds is 2. The van der Waals surface area contributed by atoms with Crippen LogP contribution in [0.2, 0.25) is 0 Å². The van der Waals surface area contributed by atoms with Gasteiger partial charge in [-0.15, -0.1) is 0 Å². The highest BCUT2D eigenvalue weighted by atomic mass is 16.5. The summed E-state index contributed by atoms with van der Waals surface area (Å²) in [5.41, 5.74) is 0.187. The van der Waals surface area contributed by atoms with Crippen LogP contribution in [0.3, 0.4) is 0 Å². The van der Waals surface area contributed by atoms with Gasteiger partial charge in [0.25, 0.3) is 0 Å². The number of hydrogen-bond acceptors (Lipinski definition) is 4. The average Bonchev–Trinajstić information content (AvgIpc) is 2.36. The van der Waals surface area contributed by atoms with E-state index >= 15 is 0 Å². The highest BCUT2D eigenvalue weighted by molar-refractivity contribution is 6.04. The van der Waals surface area contributed by atoms with Gasteiger partial charge in [0.15, 0.2) is 5.69 Å². The van der Waals surface area contributed by atoms with Crippen molar-refractivity contribution in [1.29, 1.82) is 0 Å². The maximum Gasteiger partial charge on any atom is 0.355 e. The Hall–Kier alpha value is -2.43. The van der Waals surface area contributed by atoms with E-state index in [4.69, 9.17) is 5.11 Å². The number of fused-ring (bicyclic) bond motifs is 1. The van der Waals surface area contributed by atoms with Crippen molar-refractivity contribution < 1.29 is 19.4 Å². The van der Waals surface area contributed by atoms with Gasteiger partial charge in [0.05, 0.1) is 18.2 Å². The largest absolute Gasteiger partial charge is 0.476 e. The minimum absolute atomic E-state index is 0.0429. The molecule has 0 radical (unpaired) electrons. The third-order valence-electron chi connectivity index (χ3n) is 2.33. The Morgan fingerprint density at radius 1 is 1.29 bits per heavy atom. The fraction of sp³-hybridized carbons (Fsp3) is 0.0833. The van der Waals surface area contributed by atoms with Gasteiger partial charge < -0.3 is 9.84 Å². The molecule has 1 aromatic heterocycles. The van der Waals surface area contributed by atoms with E-state index in [-0.39, 0.29) is 11.3 Å². The summed E-state index contributed by atoms with van der Waals surface area (Å²) in [6, 6.07) is 8.44. The van der Waals surface area contributed by atoms with Crippen LogP contribution in [0.25, 0.3) is 10.9 Å². The average molecular weight is 231 g/mol. The van der Waals surface area contributed by atoms with Crippen molar-refractivity contribution in [3.05, 3.63) is 41.6 Å². The molecule has 0 saturated heterocycles. The first-order valence-corrected chi connectivity index (χ1v) is 4.85. The van der Waals surface area contributed by atoms with Crippen molar-refractivity contribution in [3.8, 4) is 0 Å². The number of hydrogen-bond donors (Lipinski definition) is 1. The molecule has 86 valence electrons. The molecule has 0 atom stereocenters. The van der Waals surface area contributed by atoms with Crippen molar-refractivity contribution >= 4 is 22.8 Å². The number of esters is 1. The summed E-state index contributed by atoms with van der Waals surface area (Å²) in [5.74, 6) is -1.96. The summed E-state index contributed by atoms with van der Waals surface area (Å²) in [7, 11) is 1.20. The zero-order chi connectivity index (χ0) is 12.4. The second-order valence-electron chi connectivity index (χ2n) is 3.37. The number of carboxylic acid groups (broad SMARTS) is 1. The molecule has 1 N–H and O–H groups in total. The monoisotopic (exact) mass is 231 g/mol. The molecular weight excluding hydrogens is 222 g/mol. The topological polar surface area (TPSA) is 76.5 Å². The Labute approximate surface area is 96.7 Å². The Kier molecular flexibility index (Phi) is 2.74. The first-order chi connectivity index (χ1) is 8.13. The summed E-state index contributed by atoms with van der Waals surface area (Å²) < 4.78 is 4.53. The smallest absolute Gasteiger partial charge is 0.355 e. The van der Waals surface area contributed by atoms with E-state index in [0.717, 1.165) is 0 Å². The molecule has 0 bridgehead atoms. The molecule has 0 aliphatic rings. The van der Waals surface area contributed by atoms with Gasteiger partial charge in [0.1, 0.15) is 0 Å². The molecule has 0 spiro atoms. The first kappa shape index (κ1) is 11.1. The molecule has 0 aliphatic carbocycles. The molecule has 0 amide bonds. The van der Waals surface area contributed by atoms with E-state index < -0.39 is 11.9 Å². The van der Waals surface area contributed by atoms with Crippen LogP contribution in [-0.2, 0) is 4.74 Å². The third kappa shape index (κ3) is 1.94. The number of para-hydroxylation sites is 1. The predicted molar refractivity (Wildman–Crippen MR) is 60.0 cm³/mol. The number of ether oxygens (including phenoxy) is 1. The molecule has 2 rings (SSSR count). The molecule has 0 unspecified atom stereocenters. The van der Waals surface area contributed by atoms with E-state index in [1.165, 1.54) is 13.2 Å². The number of methoxy groups -OCH3 is 1. The fourth-order valence-corrected chi connectivity index (χ4v) is 1.54. The second-order valence-corrected chi connectivity index (χ2v) is 3.37. The molecular formula is C12H9NO4. The fourth-order valence-electron chi connectivity index (χ4n) is 1.54. The van der Waals surface area contributed by atoms with Crippen LogP contribution in [0.4, 0.5) is 0 Å². The number of aromatic carboxylic acids is 1. The summed E-state index contributed by atoms with van der Waals surface area (Å²) in [6.07, 6.45) is 0. The lowest BCUT2D eigenvalue weighted by atomic mass is 10.1. The van der Waals surface area contributed by atoms with Gasteiger partial charge in [-0.1, -0.05) is 18.2 Å². The van der Waals surface area contributed by atoms with Crippen molar-refractivity contribution in [2.45, 2.75) is 0 Å². The maximum atomic E-state index is 11.5. The lowest BCUT2D eigenvalue weighted by Crippen LogP contribution is -2.12. The quantitative estimate of drug-likeness (QED) is 0.796. The normalized spacial score (nSPS) is 10.2. The standard InChI is InChI=1S/C12H9NO4/c1-17-12(16)8-6-7-4-2-3-5-9(7)13-10(8)11(14)15/h2-6H,1H3,(H,14,15). The zero-order valence-electron chi connectivity index (χ0n) is 9.01. The number of carboxylic acids is 1. The van der Waals surface area contributed by atoms with Gasteiger partial charge >= 0.3 is 11.9 Å². The molecule has 0 saturated carbocycles. The molecule has 1 heterocycles. The van der Waals surface area contributed by atoms with Crippen molar-refractivity contribution in [1.82, 2.24) is 4.98 Å². The molecule has 17 heavy (non-hydrogen) atoms. The van der Waals surface area contributed by atoms with E-state index in [2.05, 4.69) is 9.72 Å². The van der Waals surface area contributed by atoms with Crippen LogP contribution in [0.1, 0.15) is 20.8 Å². The van der Waals surface area contributed by atoms with Crippen LogP contribution in [0.5, 0.6) is 0 Å². The summed E-state index contributed by atoms with van der Waals surface area (Å²) in [6.45, 7) is 0. The Bertz CT molecular complexity index is 606. The number of pyridine rings is 1. The number of aromatic nitrogens is 1. The summed E-state index contributed by atoms with van der Waals surface area (Å²) in [4.78, 5) is 26.4. The molecule has 5 heteroatoms. The second kappa shape index (κ2) is 4.21. The number of benzene rings is 1. The number of carbonyl (C=O) groups is 2. The SMILES string of the molecule is COC(=O)c1cc2ccccc2nc1C(=O)O. The Morgan fingerprint density at radius 3 is 2.65 bits per heavy atom. The molecule has 2 aromatic rings. The Balaban J connectivity index is 2.75. The van der Waals surface area contributed by atoms with Crippen molar-refractivity contribution in [3.63, 3.8) is 0 Å². The van der Waals surface area contributed by atoms with Crippen LogP contribution in [0.15, 0.2) is 30.3 Å². The lowest BCUT2D eigenvalue weighted by Gasteiger charge is -2.05. The highest BCUT2D eigenvalue weighted by Gasteiger charge is 2.19. The van der Waals surface area contributed by atoms with E-state index in [9.17, 15) is 9.59 Å². The molecule has 0 aliphatic heterocycles. The van der Waals surface area contributed by atoms with E-state index in [0.29, 0.717) is 10.9 Å². The van der Waals surface area contributed by atoms with Gasteiger partial charge in [0.2, 0.25) is 0 Å². The predicted octanol–water partition coefficient (Wildman–Crippen LogP) is 1.72. The highest BCUT2D eigenvalue weighted by Crippen LogP contribution is 2.17. The molecule has 0 fully saturated rings. The lowest BCUT2D eigenvalue weighted by molar-refractivity contribution is 0.0580. The van der Waals surface area contributed by atoms with Gasteiger partial charge in [-0.25, -0.2) is 14.6 Å². The summed E-state index contributed by atoms with van der Waals surface area (Å²) in [5, 5.41) is 9.69.